The molecule has 0 heterocycles. The second kappa shape index (κ2) is 11.3. The Morgan fingerprint density at radius 2 is 1.69 bits per heavy atom. The highest BCUT2D eigenvalue weighted by molar-refractivity contribution is 5.79. The van der Waals surface area contributed by atoms with Gasteiger partial charge in [0.15, 0.2) is 6.79 Å². The molecule has 7 nitrogen and oxygen atoms in total. The molecule has 0 radical (unpaired) electrons. The number of halogens is 1. The molecule has 1 aliphatic carbocycles. The second-order valence-corrected chi connectivity index (χ2v) is 8.29. The zero-order chi connectivity index (χ0) is 24.8. The molecule has 1 amide bonds. The number of hydrogen-bond acceptors (Lipinski definition) is 6. The van der Waals surface area contributed by atoms with E-state index in [1.165, 1.54) is 19.2 Å². The van der Waals surface area contributed by atoms with Crippen LogP contribution in [0.15, 0.2) is 66.7 Å². The summed E-state index contributed by atoms with van der Waals surface area (Å²) in [6, 6.07) is 20.0. The number of carbonyl (C=O) groups excluding carboxylic acids is 1. The number of carbonyl (C=O) groups is 1. The molecule has 2 atom stereocenters. The maximum atomic E-state index is 14.3. The van der Waals surface area contributed by atoms with Gasteiger partial charge in [-0.15, -0.1) is 0 Å². The standard InChI is InChI=1S/C27H28FNO6/c1-33-16-35-17-10-11-22(24(28)14-17)26(31)25(30)12-13-29-27(32)34-15-23-20-8-4-2-6-18(20)19-7-3-5-9-21(19)23/h2-11,14,23,25-26,30-31H,12-13,15-16H2,1H3,(H,29,32). The van der Waals surface area contributed by atoms with Crippen molar-refractivity contribution in [1.29, 1.82) is 0 Å². The van der Waals surface area contributed by atoms with Gasteiger partial charge in [0.05, 0.1) is 6.10 Å². The van der Waals surface area contributed by atoms with Gasteiger partial charge >= 0.3 is 6.09 Å². The van der Waals surface area contributed by atoms with Crippen molar-refractivity contribution in [3.05, 3.63) is 89.2 Å². The zero-order valence-corrected chi connectivity index (χ0v) is 19.3. The van der Waals surface area contributed by atoms with Crippen molar-refractivity contribution in [2.45, 2.75) is 24.5 Å². The molecular weight excluding hydrogens is 453 g/mol. The molecule has 3 aromatic rings. The summed E-state index contributed by atoms with van der Waals surface area (Å²) >= 11 is 0. The van der Waals surface area contributed by atoms with E-state index in [-0.39, 0.29) is 43.6 Å². The van der Waals surface area contributed by atoms with Crippen molar-refractivity contribution in [3.63, 3.8) is 0 Å². The number of aliphatic hydroxyl groups excluding tert-OH is 2. The van der Waals surface area contributed by atoms with Gasteiger partial charge in [0, 0.05) is 31.2 Å². The van der Waals surface area contributed by atoms with Gasteiger partial charge in [0.25, 0.3) is 0 Å². The van der Waals surface area contributed by atoms with Crippen LogP contribution in [-0.2, 0) is 9.47 Å². The van der Waals surface area contributed by atoms with Crippen molar-refractivity contribution < 1.29 is 33.6 Å². The quantitative estimate of drug-likeness (QED) is 0.377. The Morgan fingerprint density at radius 1 is 1.03 bits per heavy atom. The molecule has 0 aromatic heterocycles. The highest BCUT2D eigenvalue weighted by Gasteiger charge is 2.29. The highest BCUT2D eigenvalue weighted by Crippen LogP contribution is 2.44. The van der Waals surface area contributed by atoms with Crippen molar-refractivity contribution in [3.8, 4) is 16.9 Å². The third-order valence-electron chi connectivity index (χ3n) is 6.05. The number of nitrogens with one attached hydrogen (secondary N) is 1. The Kier molecular flexibility index (Phi) is 7.97. The minimum atomic E-state index is -1.46. The minimum absolute atomic E-state index is 0.00667. The first kappa shape index (κ1) is 24.7. The third kappa shape index (κ3) is 5.62. The molecule has 8 heteroatoms. The van der Waals surface area contributed by atoms with Crippen LogP contribution in [0, 0.1) is 5.82 Å². The maximum absolute atomic E-state index is 14.3. The molecule has 3 aromatic carbocycles. The number of alkyl carbamates (subject to hydrolysis) is 1. The fourth-order valence-electron chi connectivity index (χ4n) is 4.30. The van der Waals surface area contributed by atoms with Gasteiger partial charge in [-0.1, -0.05) is 48.5 Å². The average Bonchev–Trinajstić information content (AvgIpc) is 3.19. The third-order valence-corrected chi connectivity index (χ3v) is 6.05. The van der Waals surface area contributed by atoms with Crippen molar-refractivity contribution in [2.24, 2.45) is 0 Å². The molecule has 1 aliphatic rings. The molecule has 0 fully saturated rings. The van der Waals surface area contributed by atoms with Gasteiger partial charge in [0.2, 0.25) is 0 Å². The monoisotopic (exact) mass is 481 g/mol. The van der Waals surface area contributed by atoms with Crippen LogP contribution in [-0.4, -0.2) is 49.5 Å². The van der Waals surface area contributed by atoms with Crippen LogP contribution in [0.2, 0.25) is 0 Å². The fourth-order valence-corrected chi connectivity index (χ4v) is 4.30. The number of rotatable bonds is 10. The Balaban J connectivity index is 1.26. The normalized spacial score (nSPS) is 14.1. The lowest BCUT2D eigenvalue weighted by atomic mass is 9.98. The second-order valence-electron chi connectivity index (χ2n) is 8.29. The van der Waals surface area contributed by atoms with E-state index in [4.69, 9.17) is 14.2 Å². The highest BCUT2D eigenvalue weighted by atomic mass is 19.1. The van der Waals surface area contributed by atoms with E-state index in [0.29, 0.717) is 0 Å². The molecule has 35 heavy (non-hydrogen) atoms. The molecule has 184 valence electrons. The summed E-state index contributed by atoms with van der Waals surface area (Å²) in [4.78, 5) is 12.3. The molecule has 0 saturated carbocycles. The van der Waals surface area contributed by atoms with Gasteiger partial charge in [-0.2, -0.15) is 0 Å². The van der Waals surface area contributed by atoms with Crippen LogP contribution in [0.4, 0.5) is 9.18 Å². The number of hydrogen-bond donors (Lipinski definition) is 3. The maximum Gasteiger partial charge on any atom is 0.407 e. The molecule has 0 spiro atoms. The molecule has 0 saturated heterocycles. The van der Waals surface area contributed by atoms with Gasteiger partial charge in [0.1, 0.15) is 24.3 Å². The Labute approximate surface area is 203 Å². The number of benzene rings is 3. The first-order valence-corrected chi connectivity index (χ1v) is 11.4. The van der Waals surface area contributed by atoms with Crippen molar-refractivity contribution in [2.75, 3.05) is 27.1 Å². The molecular formula is C27H28FNO6. The largest absolute Gasteiger partial charge is 0.467 e. The topological polar surface area (TPSA) is 97.3 Å². The summed E-state index contributed by atoms with van der Waals surface area (Å²) in [5.41, 5.74) is 4.43. The lowest BCUT2D eigenvalue weighted by Gasteiger charge is -2.19. The number of fused-ring (bicyclic) bond motifs is 3. The Morgan fingerprint density at radius 3 is 2.31 bits per heavy atom. The molecule has 0 bridgehead atoms. The van der Waals surface area contributed by atoms with Gasteiger partial charge in [-0.3, -0.25) is 0 Å². The van der Waals surface area contributed by atoms with Crippen LogP contribution in [0.1, 0.15) is 35.1 Å². The smallest absolute Gasteiger partial charge is 0.407 e. The lowest BCUT2D eigenvalue weighted by molar-refractivity contribution is 0.0114. The summed E-state index contributed by atoms with van der Waals surface area (Å²) in [5, 5.41) is 23.2. The van der Waals surface area contributed by atoms with E-state index in [1.807, 2.05) is 36.4 Å². The first-order chi connectivity index (χ1) is 17.0. The van der Waals surface area contributed by atoms with Crippen LogP contribution in [0.5, 0.6) is 5.75 Å². The predicted molar refractivity (Wildman–Crippen MR) is 128 cm³/mol. The fraction of sp³-hybridized carbons (Fsp3) is 0.296. The number of ether oxygens (including phenoxy) is 3. The van der Waals surface area contributed by atoms with Crippen LogP contribution in [0.25, 0.3) is 11.1 Å². The van der Waals surface area contributed by atoms with E-state index in [1.54, 1.807) is 0 Å². The van der Waals surface area contributed by atoms with Crippen LogP contribution < -0.4 is 10.1 Å². The van der Waals surface area contributed by atoms with E-state index in [0.717, 1.165) is 28.3 Å². The van der Waals surface area contributed by atoms with E-state index >= 15 is 0 Å². The molecule has 3 N–H and O–H groups in total. The van der Waals surface area contributed by atoms with E-state index in [2.05, 4.69) is 17.4 Å². The van der Waals surface area contributed by atoms with Crippen LogP contribution in [0.3, 0.4) is 0 Å². The Hall–Kier alpha value is -3.46. The Bertz CT molecular complexity index is 1120. The summed E-state index contributed by atoms with van der Waals surface area (Å²) in [6.45, 7) is 0.185. The number of methoxy groups -OCH3 is 1. The van der Waals surface area contributed by atoms with Crippen LogP contribution >= 0.6 is 0 Å². The molecule has 4 rings (SSSR count). The molecule has 0 aliphatic heterocycles. The average molecular weight is 482 g/mol. The van der Waals surface area contributed by atoms with E-state index < -0.39 is 24.1 Å². The van der Waals surface area contributed by atoms with Gasteiger partial charge in [-0.05, 0) is 40.8 Å². The molecule has 2 unspecified atom stereocenters. The lowest BCUT2D eigenvalue weighted by Crippen LogP contribution is -2.30. The van der Waals surface area contributed by atoms with Crippen molar-refractivity contribution in [1.82, 2.24) is 5.32 Å². The summed E-state index contributed by atoms with van der Waals surface area (Å²) in [6.07, 6.45) is -3.37. The number of amides is 1. The minimum Gasteiger partial charge on any atom is -0.467 e. The summed E-state index contributed by atoms with van der Waals surface area (Å²) in [7, 11) is 1.45. The summed E-state index contributed by atoms with van der Waals surface area (Å²) in [5.74, 6) is -0.527. The van der Waals surface area contributed by atoms with Crippen molar-refractivity contribution >= 4 is 6.09 Å². The predicted octanol–water partition coefficient (Wildman–Crippen LogP) is 4.13. The van der Waals surface area contributed by atoms with Gasteiger partial charge < -0.3 is 29.7 Å². The van der Waals surface area contributed by atoms with Gasteiger partial charge in [-0.25, -0.2) is 9.18 Å². The summed E-state index contributed by atoms with van der Waals surface area (Å²) < 4.78 is 29.7. The van der Waals surface area contributed by atoms with E-state index in [9.17, 15) is 19.4 Å². The zero-order valence-electron chi connectivity index (χ0n) is 19.3. The SMILES string of the molecule is COCOc1ccc(C(O)C(O)CCNC(=O)OCC2c3ccccc3-c3ccccc32)c(F)c1. The number of aliphatic hydroxyl groups is 2. The first-order valence-electron chi connectivity index (χ1n) is 11.4.